The summed E-state index contributed by atoms with van der Waals surface area (Å²) in [5.74, 6) is 0. The van der Waals surface area contributed by atoms with Gasteiger partial charge in [-0.25, -0.2) is 0 Å². The molecule has 0 bridgehead atoms. The van der Waals surface area contributed by atoms with E-state index in [1.54, 1.807) is 6.20 Å². The largest absolute Gasteiger partial charge is 0.312 e. The van der Waals surface area contributed by atoms with Crippen molar-refractivity contribution >= 4 is 0 Å². The molecule has 0 spiro atoms. The lowest BCUT2D eigenvalue weighted by molar-refractivity contribution is 0.928. The first-order valence-corrected chi connectivity index (χ1v) is 2.48. The van der Waals surface area contributed by atoms with Crippen LogP contribution in [0.3, 0.4) is 0 Å². The van der Waals surface area contributed by atoms with Crippen LogP contribution in [0, 0.1) is 11.3 Å². The van der Waals surface area contributed by atoms with Gasteiger partial charge in [0.05, 0.1) is 12.3 Å². The Labute approximate surface area is 52.3 Å². The highest BCUT2D eigenvalue weighted by Gasteiger charge is 2.02. The molecule has 0 fully saturated rings. The molecule has 1 unspecified atom stereocenters. The third-order valence-electron chi connectivity index (χ3n) is 1.02. The topological polar surface area (TPSA) is 78.5 Å². The molecule has 4 nitrogen and oxygen atoms in total. The Morgan fingerprint density at radius 1 is 1.89 bits per heavy atom. The van der Waals surface area contributed by atoms with Crippen molar-refractivity contribution in [3.63, 3.8) is 0 Å². The molecule has 0 aliphatic rings. The van der Waals surface area contributed by atoms with E-state index in [4.69, 9.17) is 11.0 Å². The highest BCUT2D eigenvalue weighted by Crippen LogP contribution is 2.03. The number of nitrogens with zero attached hydrogens (tertiary/aromatic N) is 2. The smallest absolute Gasteiger partial charge is 0.121 e. The predicted octanol–water partition coefficient (Wildman–Crippen LogP) is -0.0669. The summed E-state index contributed by atoms with van der Waals surface area (Å²) in [6.45, 7) is 0. The molecule has 3 N–H and O–H groups in total. The van der Waals surface area contributed by atoms with Crippen LogP contribution in [0.15, 0.2) is 12.4 Å². The van der Waals surface area contributed by atoms with Gasteiger partial charge in [-0.2, -0.15) is 10.4 Å². The van der Waals surface area contributed by atoms with Crippen molar-refractivity contribution in [3.05, 3.63) is 18.0 Å². The second kappa shape index (κ2) is 2.29. The molecule has 0 saturated heterocycles. The van der Waals surface area contributed by atoms with Gasteiger partial charge in [0, 0.05) is 11.8 Å². The van der Waals surface area contributed by atoms with E-state index in [-0.39, 0.29) is 0 Å². The predicted molar refractivity (Wildman–Crippen MR) is 31.1 cm³/mol. The third-order valence-corrected chi connectivity index (χ3v) is 1.02. The third kappa shape index (κ3) is 1.06. The molecule has 4 heteroatoms. The van der Waals surface area contributed by atoms with Gasteiger partial charge in [0.2, 0.25) is 0 Å². The summed E-state index contributed by atoms with van der Waals surface area (Å²) in [4.78, 5) is 0. The van der Waals surface area contributed by atoms with Gasteiger partial charge in [-0.05, 0) is 0 Å². The number of nitriles is 1. The van der Waals surface area contributed by atoms with Crippen molar-refractivity contribution in [1.82, 2.24) is 10.2 Å². The zero-order chi connectivity index (χ0) is 6.69. The minimum Gasteiger partial charge on any atom is -0.312 e. The molecule has 0 radical (unpaired) electrons. The van der Waals surface area contributed by atoms with Gasteiger partial charge < -0.3 is 5.73 Å². The Hall–Kier alpha value is -1.34. The first kappa shape index (κ1) is 5.79. The summed E-state index contributed by atoms with van der Waals surface area (Å²) in [7, 11) is 0. The maximum absolute atomic E-state index is 8.29. The summed E-state index contributed by atoms with van der Waals surface area (Å²) < 4.78 is 0. The number of nitrogens with one attached hydrogen (secondary N) is 1. The van der Waals surface area contributed by atoms with E-state index < -0.39 is 6.04 Å². The minimum absolute atomic E-state index is 0.552. The molecule has 9 heavy (non-hydrogen) atoms. The quantitative estimate of drug-likeness (QED) is 0.547. The number of aromatic nitrogens is 2. The lowest BCUT2D eigenvalue weighted by atomic mass is 10.2. The first-order valence-electron chi connectivity index (χ1n) is 2.48. The van der Waals surface area contributed by atoms with E-state index in [1.807, 2.05) is 6.07 Å². The van der Waals surface area contributed by atoms with E-state index in [1.165, 1.54) is 6.20 Å². The number of hydrogen-bond donors (Lipinski definition) is 2. The molecular weight excluding hydrogens is 116 g/mol. The fraction of sp³-hybridized carbons (Fsp3) is 0.200. The van der Waals surface area contributed by atoms with Gasteiger partial charge in [0.25, 0.3) is 0 Å². The van der Waals surface area contributed by atoms with Crippen molar-refractivity contribution in [2.45, 2.75) is 6.04 Å². The van der Waals surface area contributed by atoms with Crippen molar-refractivity contribution in [2.75, 3.05) is 0 Å². The van der Waals surface area contributed by atoms with Crippen molar-refractivity contribution in [2.24, 2.45) is 5.73 Å². The van der Waals surface area contributed by atoms with E-state index in [0.29, 0.717) is 0 Å². The normalized spacial score (nSPS) is 12.4. The van der Waals surface area contributed by atoms with Crippen LogP contribution in [0.1, 0.15) is 11.6 Å². The van der Waals surface area contributed by atoms with Crippen LogP contribution >= 0.6 is 0 Å². The van der Waals surface area contributed by atoms with Gasteiger partial charge in [0.15, 0.2) is 0 Å². The van der Waals surface area contributed by atoms with Gasteiger partial charge in [-0.15, -0.1) is 0 Å². The molecule has 0 saturated carbocycles. The fourth-order valence-electron chi connectivity index (χ4n) is 0.505. The van der Waals surface area contributed by atoms with Crippen LogP contribution in [0.25, 0.3) is 0 Å². The van der Waals surface area contributed by atoms with Crippen LogP contribution in [0.2, 0.25) is 0 Å². The van der Waals surface area contributed by atoms with E-state index in [0.717, 1.165) is 5.56 Å². The van der Waals surface area contributed by atoms with E-state index >= 15 is 0 Å². The average molecular weight is 122 g/mol. The number of hydrogen-bond acceptors (Lipinski definition) is 3. The Balaban J connectivity index is 2.80. The molecule has 1 aromatic rings. The number of aromatic amines is 1. The maximum atomic E-state index is 8.29. The molecule has 0 aliphatic heterocycles. The van der Waals surface area contributed by atoms with Crippen LogP contribution < -0.4 is 5.73 Å². The SMILES string of the molecule is N#CC(N)c1cn[nH]c1. The molecule has 1 aromatic heterocycles. The van der Waals surface area contributed by atoms with Gasteiger partial charge in [-0.1, -0.05) is 0 Å². The lowest BCUT2D eigenvalue weighted by Crippen LogP contribution is -2.05. The lowest BCUT2D eigenvalue weighted by Gasteiger charge is -1.92. The number of rotatable bonds is 1. The second-order valence-corrected chi connectivity index (χ2v) is 1.64. The summed E-state index contributed by atoms with van der Waals surface area (Å²) >= 11 is 0. The zero-order valence-corrected chi connectivity index (χ0v) is 4.70. The van der Waals surface area contributed by atoms with E-state index in [9.17, 15) is 0 Å². The summed E-state index contributed by atoms with van der Waals surface area (Å²) in [5, 5.41) is 14.5. The van der Waals surface area contributed by atoms with Crippen LogP contribution in [0.4, 0.5) is 0 Å². The Bertz CT molecular complexity index is 207. The Morgan fingerprint density at radius 2 is 2.67 bits per heavy atom. The molecule has 1 heterocycles. The van der Waals surface area contributed by atoms with Gasteiger partial charge in [0.1, 0.15) is 6.04 Å². The summed E-state index contributed by atoms with van der Waals surface area (Å²) in [6.07, 6.45) is 3.14. The Morgan fingerprint density at radius 3 is 3.11 bits per heavy atom. The minimum atomic E-state index is -0.552. The monoisotopic (exact) mass is 122 g/mol. The molecule has 0 aromatic carbocycles. The zero-order valence-electron chi connectivity index (χ0n) is 4.70. The second-order valence-electron chi connectivity index (χ2n) is 1.64. The standard InChI is InChI=1S/C5H6N4/c6-1-5(7)4-2-8-9-3-4/h2-3,5H,7H2,(H,8,9). The number of nitrogens with two attached hydrogens (primary N) is 1. The first-order chi connectivity index (χ1) is 4.34. The maximum Gasteiger partial charge on any atom is 0.121 e. The van der Waals surface area contributed by atoms with Crippen LogP contribution in [0.5, 0.6) is 0 Å². The number of H-pyrrole nitrogens is 1. The average Bonchev–Trinajstić information content (AvgIpc) is 2.37. The van der Waals surface area contributed by atoms with Crippen LogP contribution in [-0.2, 0) is 0 Å². The fourth-order valence-corrected chi connectivity index (χ4v) is 0.505. The molecule has 1 atom stereocenters. The van der Waals surface area contributed by atoms with Crippen molar-refractivity contribution < 1.29 is 0 Å². The van der Waals surface area contributed by atoms with E-state index in [2.05, 4.69) is 10.2 Å². The molecule has 1 rings (SSSR count). The Kier molecular flexibility index (Phi) is 1.47. The molecule has 0 amide bonds. The van der Waals surface area contributed by atoms with Gasteiger partial charge >= 0.3 is 0 Å². The van der Waals surface area contributed by atoms with Crippen molar-refractivity contribution in [1.29, 1.82) is 5.26 Å². The highest BCUT2D eigenvalue weighted by atomic mass is 15.1. The summed E-state index contributed by atoms with van der Waals surface area (Å²) in [6, 6.07) is 1.33. The highest BCUT2D eigenvalue weighted by molar-refractivity contribution is 5.15. The van der Waals surface area contributed by atoms with Crippen molar-refractivity contribution in [3.8, 4) is 6.07 Å². The molecule has 0 aliphatic carbocycles. The summed E-state index contributed by atoms with van der Waals surface area (Å²) in [5.41, 5.74) is 6.04. The molecular formula is C5H6N4. The van der Waals surface area contributed by atoms with Gasteiger partial charge in [-0.3, -0.25) is 5.10 Å². The molecule has 46 valence electrons. The van der Waals surface area contributed by atoms with Crippen LogP contribution in [-0.4, -0.2) is 10.2 Å².